The molecule has 0 atom stereocenters. The van der Waals surface area contributed by atoms with Crippen molar-refractivity contribution in [3.05, 3.63) is 242 Å². The molecule has 0 amide bonds. The molecule has 0 aliphatic carbocycles. The maximum atomic E-state index is 13.3. The highest BCUT2D eigenvalue weighted by atomic mass is 16.7. The first kappa shape index (κ1) is 84.9. The van der Waals surface area contributed by atoms with E-state index in [1.54, 1.807) is 61.5 Å². The van der Waals surface area contributed by atoms with Gasteiger partial charge in [-0.05, 0) is 229 Å². The Morgan fingerprint density at radius 2 is 0.712 bits per heavy atom. The summed E-state index contributed by atoms with van der Waals surface area (Å²) in [6.07, 6.45) is 12.8. The molecule has 0 unspecified atom stereocenters. The molecular weight excluding hydrogens is 1430 g/mol. The highest BCUT2D eigenvalue weighted by molar-refractivity contribution is 6.87. The highest BCUT2D eigenvalue weighted by Gasteiger charge is 2.20. The van der Waals surface area contributed by atoms with Gasteiger partial charge < -0.3 is 66.3 Å². The molecule has 0 spiro atoms. The summed E-state index contributed by atoms with van der Waals surface area (Å²) >= 11 is 0. The predicted octanol–water partition coefficient (Wildman–Crippen LogP) is 13.9. The summed E-state index contributed by atoms with van der Waals surface area (Å²) in [7, 11) is 1.86. The molecule has 28 heteroatoms. The Balaban J connectivity index is 0.000000313. The molecule has 0 aromatic heterocycles. The normalized spacial score (nSPS) is 10.8. The molecule has 8 rings (SSSR count). The third-order valence-electron chi connectivity index (χ3n) is 15.3. The van der Waals surface area contributed by atoms with E-state index in [0.717, 1.165) is 86.8 Å². The van der Waals surface area contributed by atoms with Gasteiger partial charge in [-0.3, -0.25) is 5.43 Å². The number of ether oxygens (including phenoxy) is 14. The average molecular weight is 1520 g/mol. The molecule has 7 aromatic rings. The van der Waals surface area contributed by atoms with Crippen LogP contribution in [0.15, 0.2) is 218 Å². The van der Waals surface area contributed by atoms with Crippen molar-refractivity contribution in [3.8, 4) is 46.0 Å². The van der Waals surface area contributed by atoms with Gasteiger partial charge in [0, 0.05) is 29.9 Å². The van der Waals surface area contributed by atoms with Gasteiger partial charge in [-0.25, -0.2) is 52.9 Å². The fourth-order valence-corrected chi connectivity index (χ4v) is 9.56. The Morgan fingerprint density at radius 3 is 1.12 bits per heavy atom. The maximum absolute atomic E-state index is 13.3. The van der Waals surface area contributed by atoms with Gasteiger partial charge >= 0.3 is 60.1 Å². The van der Waals surface area contributed by atoms with Crippen LogP contribution < -0.4 is 48.8 Å². The Labute approximate surface area is 641 Å². The zero-order valence-electron chi connectivity index (χ0n) is 61.1. The van der Waals surface area contributed by atoms with E-state index in [2.05, 4.69) is 41.8 Å². The van der Waals surface area contributed by atoms with E-state index >= 15 is 0 Å². The van der Waals surface area contributed by atoms with Crippen molar-refractivity contribution in [2.75, 3.05) is 52.9 Å². The van der Waals surface area contributed by atoms with E-state index in [9.17, 15) is 47.9 Å². The Kier molecular flexibility index (Phi) is 36.2. The summed E-state index contributed by atoms with van der Waals surface area (Å²) in [6, 6.07) is 41.3. The molecule has 0 fully saturated rings. The van der Waals surface area contributed by atoms with E-state index in [1.165, 1.54) is 85.1 Å². The monoisotopic (exact) mass is 1520 g/mol. The third-order valence-corrected chi connectivity index (χ3v) is 15.3. The number of unbranched alkanes of at least 4 members (excludes halogenated alkanes) is 8. The molecule has 0 saturated carbocycles. The lowest BCUT2D eigenvalue weighted by Crippen LogP contribution is -2.27. The fourth-order valence-electron chi connectivity index (χ4n) is 9.56. The van der Waals surface area contributed by atoms with Gasteiger partial charge in [-0.15, -0.1) is 0 Å². The van der Waals surface area contributed by atoms with Crippen molar-refractivity contribution in [2.45, 2.75) is 84.0 Å². The van der Waals surface area contributed by atoms with Gasteiger partial charge in [-0.1, -0.05) is 50.0 Å². The predicted molar refractivity (Wildman–Crippen MR) is 408 cm³/mol. The second-order valence-electron chi connectivity index (χ2n) is 23.7. The molecule has 577 valence electrons. The van der Waals surface area contributed by atoms with Crippen molar-refractivity contribution < 1.29 is 114 Å². The van der Waals surface area contributed by atoms with Gasteiger partial charge in [-0.2, -0.15) is 5.10 Å². The van der Waals surface area contributed by atoms with Gasteiger partial charge in [0.2, 0.25) is 7.28 Å². The minimum absolute atomic E-state index is 0.0665. The minimum atomic E-state index is -0.927. The number of carbonyl (C=O) groups excluding carboxylic acids is 10. The number of aliphatic imine (C=N–C) groups is 1. The number of rotatable bonds is 42. The Morgan fingerprint density at radius 1 is 0.369 bits per heavy atom. The van der Waals surface area contributed by atoms with Crippen LogP contribution in [0, 0.1) is 6.92 Å². The summed E-state index contributed by atoms with van der Waals surface area (Å²) in [5.74, 6) is -2.09. The number of nitrogens with one attached hydrogen (secondary N) is 1. The van der Waals surface area contributed by atoms with Gasteiger partial charge in [0.1, 0.15) is 46.0 Å². The van der Waals surface area contributed by atoms with Crippen LogP contribution in [-0.2, 0) is 47.6 Å². The standard InChI is InChI=1S/C46H47BN3O10.C37H36O14/c1-3-42(51)57-29-13-7-5-11-27-55-36-21-17-33(18-22-36)44(53)59-38-25-26-41(35(31-38)32-48-50-46-47-39-15-9-10-16-40(39)49-46)60-45(54)34-19-23-37(24-20-34)56-28-12-6-8-14-30-58-43(52)4-2;1-4-32(38)44-20-6-8-22-46-36(42)49-28-14-10-26(11-15-28)34(40)48-30-18-19-31(25(3)24-30)51-35(41)27-12-16-29(17-13-27)50-37(43)47-23-9-7-21-45-33(39)5-2/h3-4,9-10,15-26,31-32H,1-2,5-8,11-14,27-30H2,(H,49,50);4-5,10-19,24H,1-2,6-9,20-23H2,3H3/b48-32+;. The number of benzene rings is 7. The average Bonchev–Trinajstić information content (AvgIpc) is 1.83. The molecular formula is C83H83BN3O24. The fraction of sp³-hybridized carbons (Fsp3) is 0.253. The summed E-state index contributed by atoms with van der Waals surface area (Å²) in [5, 5.41) is 4.33. The van der Waals surface area contributed by atoms with Crippen LogP contribution in [0.1, 0.15) is 130 Å². The lowest BCUT2D eigenvalue weighted by atomic mass is 9.71. The zero-order valence-corrected chi connectivity index (χ0v) is 61.1. The second kappa shape index (κ2) is 47.3. The molecule has 1 radical (unpaired) electrons. The van der Waals surface area contributed by atoms with Crippen LogP contribution in [0.2, 0.25) is 0 Å². The SMILES string of the molecule is C=CC(=O)OCCCCCCOc1ccc(C(=O)Oc2ccc(OC(=O)c3ccc(OCCCCCCOC(=O)C=C)cc3)c(/C=N/NC3=Nc4ccccc4[B]3)c2)cc1.C=CC(=O)OCCCCOC(=O)Oc1ccc(C(=O)Oc2ccc(OC(=O)c3ccc(OC(=O)OCCCCOC(=O)C=C)cc3)c(C)c2)cc1. The van der Waals surface area contributed by atoms with Crippen molar-refractivity contribution in [2.24, 2.45) is 10.1 Å². The number of nitrogens with zero attached hydrogens (tertiary/aromatic N) is 2. The Hall–Kier alpha value is -13.4. The first-order valence-electron chi connectivity index (χ1n) is 35.4. The lowest BCUT2D eigenvalue weighted by molar-refractivity contribution is -0.138. The van der Waals surface area contributed by atoms with E-state index in [-0.39, 0.29) is 72.1 Å². The highest BCUT2D eigenvalue weighted by Crippen LogP contribution is 2.29. The third kappa shape index (κ3) is 31.5. The van der Waals surface area contributed by atoms with E-state index in [4.69, 9.17) is 66.3 Å². The molecule has 0 saturated heterocycles. The van der Waals surface area contributed by atoms with Crippen LogP contribution in [0.25, 0.3) is 0 Å². The van der Waals surface area contributed by atoms with Crippen molar-refractivity contribution in [3.63, 3.8) is 0 Å². The van der Waals surface area contributed by atoms with E-state index in [1.807, 2.05) is 31.5 Å². The van der Waals surface area contributed by atoms with Gasteiger partial charge in [0.15, 0.2) is 0 Å². The van der Waals surface area contributed by atoms with Crippen LogP contribution in [0.3, 0.4) is 0 Å². The molecule has 1 aliphatic rings. The van der Waals surface area contributed by atoms with Crippen molar-refractivity contribution in [1.82, 2.24) is 5.43 Å². The molecule has 7 aromatic carbocycles. The van der Waals surface area contributed by atoms with Gasteiger partial charge in [0.25, 0.3) is 0 Å². The molecule has 1 aliphatic heterocycles. The van der Waals surface area contributed by atoms with Gasteiger partial charge in [0.05, 0.1) is 92.7 Å². The number of hydrazone groups is 1. The topological polar surface area (TPSA) is 337 Å². The van der Waals surface area contributed by atoms with Crippen LogP contribution in [0.5, 0.6) is 46.0 Å². The molecule has 27 nitrogen and oxygen atoms in total. The summed E-state index contributed by atoms with van der Waals surface area (Å²) < 4.78 is 73.8. The number of fused-ring (bicyclic) bond motifs is 1. The summed E-state index contributed by atoms with van der Waals surface area (Å²) in [6.45, 7) is 17.2. The number of aryl methyl sites for hydroxylation is 1. The number of amidine groups is 1. The van der Waals surface area contributed by atoms with Crippen LogP contribution in [0.4, 0.5) is 15.3 Å². The van der Waals surface area contributed by atoms with Crippen molar-refractivity contribution >= 4 is 90.4 Å². The van der Waals surface area contributed by atoms with E-state index < -0.39 is 60.1 Å². The first-order chi connectivity index (χ1) is 53.9. The van der Waals surface area contributed by atoms with Crippen molar-refractivity contribution in [1.29, 1.82) is 0 Å². The molecule has 0 bridgehead atoms. The first-order valence-corrected chi connectivity index (χ1v) is 35.4. The number of para-hydroxylation sites is 1. The molecule has 1 heterocycles. The maximum Gasteiger partial charge on any atom is 0.513 e. The molecule has 111 heavy (non-hydrogen) atoms. The zero-order chi connectivity index (χ0) is 79.4. The number of hydrogen-bond donors (Lipinski definition) is 1. The largest absolute Gasteiger partial charge is 0.513 e. The second-order valence-corrected chi connectivity index (χ2v) is 23.7. The molecule has 1 N–H and O–H groups in total. The smallest absolute Gasteiger partial charge is 0.494 e. The van der Waals surface area contributed by atoms with Crippen LogP contribution in [-0.4, -0.2) is 132 Å². The van der Waals surface area contributed by atoms with E-state index in [0.29, 0.717) is 91.6 Å². The number of esters is 8. The quantitative estimate of drug-likeness (QED) is 0.00427. The number of hydrogen-bond acceptors (Lipinski definition) is 27. The minimum Gasteiger partial charge on any atom is -0.494 e. The van der Waals surface area contributed by atoms with Crippen LogP contribution >= 0.6 is 0 Å². The number of carbonyl (C=O) groups is 10. The Bertz CT molecular complexity index is 4400. The summed E-state index contributed by atoms with van der Waals surface area (Å²) in [5.41, 5.74) is 7.05. The lowest BCUT2D eigenvalue weighted by Gasteiger charge is -2.11. The summed E-state index contributed by atoms with van der Waals surface area (Å²) in [4.78, 5) is 124.